The van der Waals surface area contributed by atoms with Crippen LogP contribution >= 0.6 is 0 Å². The Bertz CT molecular complexity index is 572. The van der Waals surface area contributed by atoms with Crippen LogP contribution in [-0.2, 0) is 0 Å². The molecule has 5 nitrogen and oxygen atoms in total. The molecule has 0 bridgehead atoms. The van der Waals surface area contributed by atoms with Gasteiger partial charge in [0.2, 0.25) is 0 Å². The van der Waals surface area contributed by atoms with Crippen LogP contribution in [0.3, 0.4) is 0 Å². The molecule has 2 fully saturated rings. The maximum atomic E-state index is 11.8. The molecule has 1 aromatic rings. The normalized spacial score (nSPS) is 28.5. The van der Waals surface area contributed by atoms with Crippen molar-refractivity contribution in [3.63, 3.8) is 0 Å². The zero-order valence-corrected chi connectivity index (χ0v) is 12.8. The number of aromatic nitrogens is 1. The number of carbonyl (C=O) groups is 1. The van der Waals surface area contributed by atoms with E-state index in [0.717, 1.165) is 36.6 Å². The highest BCUT2D eigenvalue weighted by Gasteiger charge is 2.40. The van der Waals surface area contributed by atoms with Gasteiger partial charge in [0.1, 0.15) is 5.82 Å². The molecular formula is C16H24N4O. The zero-order chi connectivity index (χ0) is 15.1. The third-order valence-electron chi connectivity index (χ3n) is 5.03. The molecule has 5 heteroatoms. The second-order valence-corrected chi connectivity index (χ2v) is 6.57. The largest absolute Gasteiger partial charge is 0.365 e. The van der Waals surface area contributed by atoms with Gasteiger partial charge in [-0.15, -0.1) is 0 Å². The number of hydrogen-bond donors (Lipinski definition) is 2. The highest BCUT2D eigenvalue weighted by Crippen LogP contribution is 2.38. The van der Waals surface area contributed by atoms with Crippen LogP contribution in [0.5, 0.6) is 0 Å². The van der Waals surface area contributed by atoms with E-state index in [1.807, 2.05) is 19.9 Å². The van der Waals surface area contributed by atoms with Gasteiger partial charge < -0.3 is 16.4 Å². The Morgan fingerprint density at radius 1 is 1.33 bits per heavy atom. The lowest BCUT2D eigenvalue weighted by Gasteiger charge is -2.29. The van der Waals surface area contributed by atoms with Crippen LogP contribution in [0.2, 0.25) is 0 Å². The van der Waals surface area contributed by atoms with Gasteiger partial charge in [0.25, 0.3) is 5.91 Å². The minimum Gasteiger partial charge on any atom is -0.365 e. The second-order valence-electron chi connectivity index (χ2n) is 6.57. The molecule has 1 amide bonds. The summed E-state index contributed by atoms with van der Waals surface area (Å²) in [7, 11) is 0. The summed E-state index contributed by atoms with van der Waals surface area (Å²) < 4.78 is 0. The first-order valence-electron chi connectivity index (χ1n) is 7.76. The molecule has 0 spiro atoms. The van der Waals surface area contributed by atoms with Crippen molar-refractivity contribution in [3.05, 3.63) is 22.9 Å². The number of primary amides is 1. The number of anilines is 1. The van der Waals surface area contributed by atoms with E-state index in [4.69, 9.17) is 11.5 Å². The van der Waals surface area contributed by atoms with E-state index < -0.39 is 5.91 Å². The average Bonchev–Trinajstić information content (AvgIpc) is 2.82. The molecule has 2 heterocycles. The van der Waals surface area contributed by atoms with Crippen LogP contribution in [-0.4, -0.2) is 30.0 Å². The molecule has 3 rings (SSSR count). The van der Waals surface area contributed by atoms with E-state index in [2.05, 4.69) is 9.88 Å². The van der Waals surface area contributed by atoms with Crippen molar-refractivity contribution in [1.82, 2.24) is 4.98 Å². The fourth-order valence-corrected chi connectivity index (χ4v) is 4.04. The fraction of sp³-hybridized carbons (Fsp3) is 0.625. The van der Waals surface area contributed by atoms with E-state index in [1.54, 1.807) is 0 Å². The van der Waals surface area contributed by atoms with Crippen LogP contribution in [0.4, 0.5) is 5.82 Å². The molecule has 1 saturated carbocycles. The van der Waals surface area contributed by atoms with E-state index in [0.29, 0.717) is 17.4 Å². The van der Waals surface area contributed by atoms with Crippen LogP contribution in [0.25, 0.3) is 0 Å². The third-order valence-corrected chi connectivity index (χ3v) is 5.03. The number of rotatable bonds is 2. The summed E-state index contributed by atoms with van der Waals surface area (Å²) in [5.41, 5.74) is 14.2. The Balaban J connectivity index is 1.96. The topological polar surface area (TPSA) is 85.2 Å². The Labute approximate surface area is 125 Å². The van der Waals surface area contributed by atoms with Crippen LogP contribution in [0.1, 0.15) is 40.9 Å². The lowest BCUT2D eigenvalue weighted by atomic mass is 9.78. The maximum Gasteiger partial charge on any atom is 0.252 e. The van der Waals surface area contributed by atoms with Crippen LogP contribution < -0.4 is 16.4 Å². The highest BCUT2D eigenvalue weighted by molar-refractivity contribution is 5.99. The first kappa shape index (κ1) is 14.3. The van der Waals surface area contributed by atoms with Crippen molar-refractivity contribution in [2.45, 2.75) is 39.2 Å². The number of carbonyl (C=O) groups excluding carboxylic acids is 1. The molecule has 1 aliphatic heterocycles. The number of nitrogens with two attached hydrogens (primary N) is 2. The first-order valence-corrected chi connectivity index (χ1v) is 7.76. The molecule has 1 saturated heterocycles. The van der Waals surface area contributed by atoms with Crippen LogP contribution in [0, 0.1) is 25.7 Å². The van der Waals surface area contributed by atoms with Crippen molar-refractivity contribution < 1.29 is 4.79 Å². The SMILES string of the molecule is Cc1cc(C)c(C(N)=O)c(N2CC3CCCC(N)C3C2)n1. The number of fused-ring (bicyclic) bond motifs is 1. The number of aryl methyl sites for hydroxylation is 2. The molecule has 1 aliphatic carbocycles. The second kappa shape index (κ2) is 5.30. The summed E-state index contributed by atoms with van der Waals surface area (Å²) in [4.78, 5) is 18.6. The lowest BCUT2D eigenvalue weighted by Crippen LogP contribution is -2.38. The number of pyridine rings is 1. The van der Waals surface area contributed by atoms with E-state index in [9.17, 15) is 4.79 Å². The Kier molecular flexibility index (Phi) is 3.61. The summed E-state index contributed by atoms with van der Waals surface area (Å²) in [6, 6.07) is 2.19. The van der Waals surface area contributed by atoms with Gasteiger partial charge in [-0.2, -0.15) is 0 Å². The number of amides is 1. The summed E-state index contributed by atoms with van der Waals surface area (Å²) in [5, 5.41) is 0. The molecule has 4 N–H and O–H groups in total. The van der Waals surface area contributed by atoms with Crippen molar-refractivity contribution in [1.29, 1.82) is 0 Å². The Morgan fingerprint density at radius 2 is 2.10 bits per heavy atom. The molecule has 114 valence electrons. The minimum atomic E-state index is -0.394. The first-order chi connectivity index (χ1) is 9.97. The van der Waals surface area contributed by atoms with E-state index >= 15 is 0 Å². The molecule has 3 unspecified atom stereocenters. The van der Waals surface area contributed by atoms with Gasteiger partial charge in [-0.25, -0.2) is 4.98 Å². The van der Waals surface area contributed by atoms with Gasteiger partial charge in [0, 0.05) is 24.8 Å². The number of hydrogen-bond acceptors (Lipinski definition) is 4. The molecule has 3 atom stereocenters. The van der Waals surface area contributed by atoms with Crippen molar-refractivity contribution >= 4 is 11.7 Å². The number of nitrogens with zero attached hydrogens (tertiary/aromatic N) is 2. The predicted molar refractivity (Wildman–Crippen MR) is 83.2 cm³/mol. The summed E-state index contributed by atoms with van der Waals surface area (Å²) >= 11 is 0. The van der Waals surface area contributed by atoms with Crippen molar-refractivity contribution in [3.8, 4) is 0 Å². The molecule has 1 aromatic heterocycles. The van der Waals surface area contributed by atoms with Gasteiger partial charge in [0.05, 0.1) is 5.56 Å². The quantitative estimate of drug-likeness (QED) is 0.860. The summed E-state index contributed by atoms with van der Waals surface area (Å²) in [6.45, 7) is 5.71. The zero-order valence-electron chi connectivity index (χ0n) is 12.8. The van der Waals surface area contributed by atoms with Crippen molar-refractivity contribution in [2.24, 2.45) is 23.3 Å². The molecular weight excluding hydrogens is 264 g/mol. The summed E-state index contributed by atoms with van der Waals surface area (Å²) in [6.07, 6.45) is 3.54. The van der Waals surface area contributed by atoms with Gasteiger partial charge in [-0.3, -0.25) is 4.79 Å². The fourth-order valence-electron chi connectivity index (χ4n) is 4.04. The Hall–Kier alpha value is -1.62. The maximum absolute atomic E-state index is 11.8. The third kappa shape index (κ3) is 2.50. The molecule has 0 radical (unpaired) electrons. The van der Waals surface area contributed by atoms with Crippen molar-refractivity contribution in [2.75, 3.05) is 18.0 Å². The smallest absolute Gasteiger partial charge is 0.252 e. The van der Waals surface area contributed by atoms with Gasteiger partial charge in [0.15, 0.2) is 0 Å². The van der Waals surface area contributed by atoms with E-state index in [-0.39, 0.29) is 6.04 Å². The van der Waals surface area contributed by atoms with Gasteiger partial charge in [-0.05, 0) is 50.2 Å². The van der Waals surface area contributed by atoms with E-state index in [1.165, 1.54) is 12.8 Å². The standard InChI is InChI=1S/C16H24N4O/c1-9-6-10(2)19-16(14(9)15(18)21)20-7-11-4-3-5-13(17)12(11)8-20/h6,11-13H,3-5,7-8,17H2,1-2H3,(H2,18,21). The minimum absolute atomic E-state index is 0.275. The average molecular weight is 288 g/mol. The van der Waals surface area contributed by atoms with Crippen LogP contribution in [0.15, 0.2) is 6.07 Å². The molecule has 21 heavy (non-hydrogen) atoms. The highest BCUT2D eigenvalue weighted by atomic mass is 16.1. The predicted octanol–water partition coefficient (Wildman–Crippen LogP) is 1.36. The van der Waals surface area contributed by atoms with Gasteiger partial charge >= 0.3 is 0 Å². The summed E-state index contributed by atoms with van der Waals surface area (Å²) in [5.74, 6) is 1.50. The Morgan fingerprint density at radius 3 is 2.76 bits per heavy atom. The molecule has 2 aliphatic rings. The lowest BCUT2D eigenvalue weighted by molar-refractivity contribution is 0.1000. The van der Waals surface area contributed by atoms with Gasteiger partial charge in [-0.1, -0.05) is 6.42 Å². The monoisotopic (exact) mass is 288 g/mol. The molecule has 0 aromatic carbocycles.